The first-order valence-corrected chi connectivity index (χ1v) is 8.99. The first-order chi connectivity index (χ1) is 9.99. The van der Waals surface area contributed by atoms with Crippen LogP contribution < -0.4 is 5.32 Å². The minimum Gasteiger partial charge on any atom is -0.342 e. The molecule has 114 valence electrons. The topological polar surface area (TPSA) is 49.4 Å². The van der Waals surface area contributed by atoms with E-state index >= 15 is 0 Å². The van der Waals surface area contributed by atoms with Crippen LogP contribution in [0.2, 0.25) is 0 Å². The standard InChI is InChI=1S/C15H19BrN2O2S/c1-8(2)13-14(19)17-12(9-3-4-9)15(20)18(13)7-11-10(16)5-6-21-11/h5-6,8-9,12-13H,3-4,7H2,1-2H3,(H,17,19). The summed E-state index contributed by atoms with van der Waals surface area (Å²) in [6.45, 7) is 4.49. The zero-order chi connectivity index (χ0) is 15.1. The highest BCUT2D eigenvalue weighted by atomic mass is 79.9. The first-order valence-electron chi connectivity index (χ1n) is 7.31. The van der Waals surface area contributed by atoms with Crippen LogP contribution in [-0.2, 0) is 16.1 Å². The van der Waals surface area contributed by atoms with Gasteiger partial charge in [0.15, 0.2) is 0 Å². The Kier molecular flexibility index (Phi) is 4.10. The zero-order valence-corrected chi connectivity index (χ0v) is 14.5. The molecule has 2 heterocycles. The van der Waals surface area contributed by atoms with Crippen LogP contribution in [0.3, 0.4) is 0 Å². The zero-order valence-electron chi connectivity index (χ0n) is 12.1. The second kappa shape index (κ2) is 5.72. The first kappa shape index (κ1) is 15.0. The fraction of sp³-hybridized carbons (Fsp3) is 0.600. The normalized spacial score (nSPS) is 26.4. The van der Waals surface area contributed by atoms with Gasteiger partial charge in [-0.15, -0.1) is 11.3 Å². The van der Waals surface area contributed by atoms with Crippen LogP contribution in [0.4, 0.5) is 0 Å². The number of thiophene rings is 1. The highest BCUT2D eigenvalue weighted by Crippen LogP contribution is 2.36. The van der Waals surface area contributed by atoms with E-state index in [1.54, 1.807) is 16.2 Å². The maximum atomic E-state index is 12.8. The summed E-state index contributed by atoms with van der Waals surface area (Å²) < 4.78 is 1.01. The van der Waals surface area contributed by atoms with Gasteiger partial charge < -0.3 is 10.2 Å². The molecule has 1 saturated carbocycles. The third kappa shape index (κ3) is 2.88. The van der Waals surface area contributed by atoms with Crippen LogP contribution in [0.1, 0.15) is 31.6 Å². The Labute approximate surface area is 137 Å². The van der Waals surface area contributed by atoms with Crippen molar-refractivity contribution in [2.24, 2.45) is 11.8 Å². The quantitative estimate of drug-likeness (QED) is 0.885. The molecular weight excluding hydrogens is 352 g/mol. The van der Waals surface area contributed by atoms with Gasteiger partial charge in [-0.2, -0.15) is 0 Å². The number of hydrogen-bond donors (Lipinski definition) is 1. The van der Waals surface area contributed by atoms with Gasteiger partial charge in [0.1, 0.15) is 12.1 Å². The summed E-state index contributed by atoms with van der Waals surface area (Å²) in [4.78, 5) is 28.1. The van der Waals surface area contributed by atoms with Crippen molar-refractivity contribution in [3.8, 4) is 0 Å². The summed E-state index contributed by atoms with van der Waals surface area (Å²) in [5, 5.41) is 4.94. The van der Waals surface area contributed by atoms with Crippen molar-refractivity contribution in [2.75, 3.05) is 0 Å². The molecular formula is C15H19BrN2O2S. The molecule has 1 aromatic rings. The lowest BCUT2D eigenvalue weighted by atomic mass is 9.95. The molecule has 6 heteroatoms. The van der Waals surface area contributed by atoms with Gasteiger partial charge in [-0.05, 0) is 52.1 Å². The van der Waals surface area contributed by atoms with E-state index in [2.05, 4.69) is 21.2 Å². The SMILES string of the molecule is CC(C)C1C(=O)NC(C2CC2)C(=O)N1Cc1sccc1Br. The van der Waals surface area contributed by atoms with Crippen molar-refractivity contribution in [3.05, 3.63) is 20.8 Å². The van der Waals surface area contributed by atoms with Crippen molar-refractivity contribution < 1.29 is 9.59 Å². The second-order valence-electron chi connectivity index (χ2n) is 6.17. The molecule has 2 unspecified atom stereocenters. The van der Waals surface area contributed by atoms with Gasteiger partial charge in [-0.3, -0.25) is 9.59 Å². The van der Waals surface area contributed by atoms with Crippen LogP contribution in [0.25, 0.3) is 0 Å². The van der Waals surface area contributed by atoms with E-state index < -0.39 is 0 Å². The van der Waals surface area contributed by atoms with Gasteiger partial charge in [-0.25, -0.2) is 0 Å². The predicted molar refractivity (Wildman–Crippen MR) is 85.8 cm³/mol. The summed E-state index contributed by atoms with van der Waals surface area (Å²) in [7, 11) is 0. The number of carbonyl (C=O) groups is 2. The fourth-order valence-corrected chi connectivity index (χ4v) is 4.41. The lowest BCUT2D eigenvalue weighted by Gasteiger charge is -2.41. The Morgan fingerprint density at radius 1 is 1.43 bits per heavy atom. The summed E-state index contributed by atoms with van der Waals surface area (Å²) in [6, 6.07) is 1.30. The minimum atomic E-state index is -0.374. The van der Waals surface area contributed by atoms with Crippen molar-refractivity contribution in [1.82, 2.24) is 10.2 Å². The Morgan fingerprint density at radius 3 is 2.67 bits per heavy atom. The largest absolute Gasteiger partial charge is 0.342 e. The number of nitrogens with one attached hydrogen (secondary N) is 1. The molecule has 0 radical (unpaired) electrons. The van der Waals surface area contributed by atoms with E-state index in [0.717, 1.165) is 22.2 Å². The molecule has 3 rings (SSSR count). The van der Waals surface area contributed by atoms with Gasteiger partial charge in [-0.1, -0.05) is 13.8 Å². The molecule has 0 spiro atoms. The molecule has 1 N–H and O–H groups in total. The van der Waals surface area contributed by atoms with Gasteiger partial charge in [0.05, 0.1) is 6.54 Å². The number of halogens is 1. The molecule has 2 amide bonds. The molecule has 2 aliphatic rings. The Hall–Kier alpha value is -0.880. The molecule has 0 aromatic carbocycles. The monoisotopic (exact) mass is 370 g/mol. The summed E-state index contributed by atoms with van der Waals surface area (Å²) in [5.41, 5.74) is 0. The predicted octanol–water partition coefficient (Wildman–Crippen LogP) is 2.77. The van der Waals surface area contributed by atoms with Gasteiger partial charge >= 0.3 is 0 Å². The number of amides is 2. The molecule has 4 nitrogen and oxygen atoms in total. The lowest BCUT2D eigenvalue weighted by Crippen LogP contribution is -2.65. The van der Waals surface area contributed by atoms with Crippen LogP contribution in [0.15, 0.2) is 15.9 Å². The molecule has 2 atom stereocenters. The van der Waals surface area contributed by atoms with Crippen LogP contribution >= 0.6 is 27.3 Å². The number of rotatable bonds is 4. The highest BCUT2D eigenvalue weighted by molar-refractivity contribution is 9.10. The van der Waals surface area contributed by atoms with Crippen LogP contribution in [0.5, 0.6) is 0 Å². The third-order valence-corrected chi connectivity index (χ3v) is 6.09. The van der Waals surface area contributed by atoms with Crippen molar-refractivity contribution in [2.45, 2.75) is 45.3 Å². The second-order valence-corrected chi connectivity index (χ2v) is 8.03. The molecule has 1 aromatic heterocycles. The van der Waals surface area contributed by atoms with E-state index in [1.165, 1.54) is 0 Å². The van der Waals surface area contributed by atoms with Crippen molar-refractivity contribution >= 4 is 39.1 Å². The van der Waals surface area contributed by atoms with Crippen LogP contribution in [0, 0.1) is 11.8 Å². The molecule has 21 heavy (non-hydrogen) atoms. The molecule has 1 aliphatic carbocycles. The van der Waals surface area contributed by atoms with E-state index in [0.29, 0.717) is 12.5 Å². The Morgan fingerprint density at radius 2 is 2.14 bits per heavy atom. The molecule has 1 saturated heterocycles. The van der Waals surface area contributed by atoms with E-state index in [1.807, 2.05) is 25.3 Å². The average molecular weight is 371 g/mol. The molecule has 1 aliphatic heterocycles. The minimum absolute atomic E-state index is 0.00539. The smallest absolute Gasteiger partial charge is 0.246 e. The summed E-state index contributed by atoms with van der Waals surface area (Å²) in [6.07, 6.45) is 2.08. The summed E-state index contributed by atoms with van der Waals surface area (Å²) >= 11 is 5.13. The van der Waals surface area contributed by atoms with Gasteiger partial charge in [0.25, 0.3) is 0 Å². The number of piperazine rings is 1. The molecule has 2 fully saturated rings. The Balaban J connectivity index is 1.88. The fourth-order valence-electron chi connectivity index (χ4n) is 2.94. The van der Waals surface area contributed by atoms with E-state index in [4.69, 9.17) is 0 Å². The highest BCUT2D eigenvalue weighted by Gasteiger charge is 2.47. The summed E-state index contributed by atoms with van der Waals surface area (Å²) in [5.74, 6) is 0.516. The maximum absolute atomic E-state index is 12.8. The van der Waals surface area contributed by atoms with E-state index in [-0.39, 0.29) is 29.8 Å². The van der Waals surface area contributed by atoms with E-state index in [9.17, 15) is 9.59 Å². The third-order valence-electron chi connectivity index (χ3n) is 4.18. The van der Waals surface area contributed by atoms with Crippen LogP contribution in [-0.4, -0.2) is 28.8 Å². The van der Waals surface area contributed by atoms with Gasteiger partial charge in [0, 0.05) is 9.35 Å². The number of hydrogen-bond acceptors (Lipinski definition) is 3. The number of carbonyl (C=O) groups excluding carboxylic acids is 2. The average Bonchev–Trinajstić information content (AvgIpc) is 3.18. The maximum Gasteiger partial charge on any atom is 0.246 e. The lowest BCUT2D eigenvalue weighted by molar-refractivity contribution is -0.152. The van der Waals surface area contributed by atoms with Crippen molar-refractivity contribution in [3.63, 3.8) is 0 Å². The number of nitrogens with zero attached hydrogens (tertiary/aromatic N) is 1. The molecule has 0 bridgehead atoms. The van der Waals surface area contributed by atoms with Gasteiger partial charge in [0.2, 0.25) is 11.8 Å². The Bertz CT molecular complexity index is 568. The van der Waals surface area contributed by atoms with Crippen molar-refractivity contribution in [1.29, 1.82) is 0 Å².